The van der Waals surface area contributed by atoms with Gasteiger partial charge in [0.25, 0.3) is 0 Å². The number of hydrogen-bond donors (Lipinski definition) is 1. The van der Waals surface area contributed by atoms with E-state index in [0.717, 1.165) is 54.7 Å². The van der Waals surface area contributed by atoms with E-state index >= 15 is 0 Å². The van der Waals surface area contributed by atoms with Crippen LogP contribution in [0.5, 0.6) is 0 Å². The second kappa shape index (κ2) is 7.92. The maximum absolute atomic E-state index is 4.70. The first-order chi connectivity index (χ1) is 11.3. The number of fused-ring (bicyclic) bond motifs is 1. The van der Waals surface area contributed by atoms with Crippen molar-refractivity contribution in [1.82, 2.24) is 24.4 Å². The van der Waals surface area contributed by atoms with E-state index in [9.17, 15) is 0 Å². The topological polar surface area (TPSA) is 58.9 Å². The van der Waals surface area contributed by atoms with Gasteiger partial charge in [-0.3, -0.25) is 4.90 Å². The van der Waals surface area contributed by atoms with Crippen molar-refractivity contribution in [2.45, 2.75) is 73.5 Å². The molecule has 0 atom stereocenters. The monoisotopic (exact) mass is 332 g/mol. The molecule has 0 saturated carbocycles. The molecule has 0 bridgehead atoms. The van der Waals surface area contributed by atoms with E-state index in [0.29, 0.717) is 12.1 Å². The van der Waals surface area contributed by atoms with Crippen molar-refractivity contribution in [1.29, 1.82) is 0 Å². The zero-order valence-electron chi connectivity index (χ0n) is 16.2. The summed E-state index contributed by atoms with van der Waals surface area (Å²) in [6, 6.07) is 1.06. The molecule has 0 aliphatic rings. The molecule has 0 spiro atoms. The van der Waals surface area contributed by atoms with Gasteiger partial charge in [-0.05, 0) is 48.0 Å². The van der Waals surface area contributed by atoms with Crippen molar-refractivity contribution in [3.8, 4) is 0 Å². The third-order valence-corrected chi connectivity index (χ3v) is 4.33. The van der Waals surface area contributed by atoms with Gasteiger partial charge in [0.05, 0.1) is 0 Å². The zero-order valence-corrected chi connectivity index (χ0v) is 16.2. The number of aryl methyl sites for hydroxylation is 3. The van der Waals surface area contributed by atoms with Crippen LogP contribution in [0.2, 0.25) is 0 Å². The Labute approximate surface area is 145 Å². The fourth-order valence-corrected chi connectivity index (χ4v) is 3.25. The Bertz CT molecular complexity index is 666. The van der Waals surface area contributed by atoms with Crippen LogP contribution in [-0.2, 0) is 6.54 Å². The van der Waals surface area contributed by atoms with Crippen LogP contribution in [-0.4, -0.2) is 49.6 Å². The molecular weight excluding hydrogens is 300 g/mol. The molecule has 0 radical (unpaired) electrons. The first kappa shape index (κ1) is 18.6. The predicted octanol–water partition coefficient (Wildman–Crippen LogP) is 3.38. The standard InChI is InChI=1S/C18H32N6/c1-8-10-24-15(7)22-16-17(20-14(6)21-18(16)24)19-9-11-23(12(2)3)13(4)5/h12-13H,8-11H2,1-7H3,(H,19,20,21). The number of aromatic nitrogens is 4. The van der Waals surface area contributed by atoms with Gasteiger partial charge in [-0.2, -0.15) is 0 Å². The summed E-state index contributed by atoms with van der Waals surface area (Å²) in [6.07, 6.45) is 1.07. The highest BCUT2D eigenvalue weighted by atomic mass is 15.2. The van der Waals surface area contributed by atoms with E-state index in [-0.39, 0.29) is 0 Å². The van der Waals surface area contributed by atoms with Gasteiger partial charge in [-0.25, -0.2) is 15.0 Å². The van der Waals surface area contributed by atoms with E-state index in [2.05, 4.69) is 59.4 Å². The van der Waals surface area contributed by atoms with Gasteiger partial charge in [0.15, 0.2) is 17.0 Å². The van der Waals surface area contributed by atoms with Gasteiger partial charge in [0.1, 0.15) is 11.6 Å². The smallest absolute Gasteiger partial charge is 0.165 e. The lowest BCUT2D eigenvalue weighted by Crippen LogP contribution is -2.40. The summed E-state index contributed by atoms with van der Waals surface area (Å²) in [7, 11) is 0. The minimum Gasteiger partial charge on any atom is -0.367 e. The van der Waals surface area contributed by atoms with Crippen molar-refractivity contribution >= 4 is 17.0 Å². The summed E-state index contributed by atoms with van der Waals surface area (Å²) >= 11 is 0. The highest BCUT2D eigenvalue weighted by molar-refractivity contribution is 5.83. The zero-order chi connectivity index (χ0) is 17.9. The van der Waals surface area contributed by atoms with Crippen molar-refractivity contribution in [2.24, 2.45) is 0 Å². The van der Waals surface area contributed by atoms with Gasteiger partial charge in [0.2, 0.25) is 0 Å². The number of hydrogen-bond acceptors (Lipinski definition) is 5. The first-order valence-corrected chi connectivity index (χ1v) is 9.06. The molecule has 0 amide bonds. The molecular formula is C18H32N6. The summed E-state index contributed by atoms with van der Waals surface area (Å²) in [4.78, 5) is 16.4. The van der Waals surface area contributed by atoms with Crippen LogP contribution in [0.3, 0.4) is 0 Å². The highest BCUT2D eigenvalue weighted by Gasteiger charge is 2.16. The molecule has 0 unspecified atom stereocenters. The molecule has 0 aromatic carbocycles. The first-order valence-electron chi connectivity index (χ1n) is 9.06. The molecule has 1 N–H and O–H groups in total. The highest BCUT2D eigenvalue weighted by Crippen LogP contribution is 2.21. The second-order valence-electron chi connectivity index (χ2n) is 6.95. The van der Waals surface area contributed by atoms with E-state index < -0.39 is 0 Å². The fraction of sp³-hybridized carbons (Fsp3) is 0.722. The van der Waals surface area contributed by atoms with E-state index in [1.165, 1.54) is 0 Å². The van der Waals surface area contributed by atoms with Crippen molar-refractivity contribution in [3.63, 3.8) is 0 Å². The summed E-state index contributed by atoms with van der Waals surface area (Å²) < 4.78 is 2.18. The molecule has 2 aromatic heterocycles. The summed E-state index contributed by atoms with van der Waals surface area (Å²) in [5, 5.41) is 3.48. The van der Waals surface area contributed by atoms with Crippen LogP contribution in [0.15, 0.2) is 0 Å². The van der Waals surface area contributed by atoms with Crippen molar-refractivity contribution in [3.05, 3.63) is 11.6 Å². The lowest BCUT2D eigenvalue weighted by molar-refractivity contribution is 0.182. The molecule has 134 valence electrons. The Hall–Kier alpha value is -1.69. The Kier molecular flexibility index (Phi) is 6.15. The summed E-state index contributed by atoms with van der Waals surface area (Å²) in [5.74, 6) is 2.63. The van der Waals surface area contributed by atoms with E-state index in [1.54, 1.807) is 0 Å². The third-order valence-electron chi connectivity index (χ3n) is 4.33. The van der Waals surface area contributed by atoms with Gasteiger partial charge < -0.3 is 9.88 Å². The lowest BCUT2D eigenvalue weighted by Gasteiger charge is -2.30. The van der Waals surface area contributed by atoms with Crippen molar-refractivity contribution < 1.29 is 0 Å². The molecule has 0 aliphatic heterocycles. The van der Waals surface area contributed by atoms with Gasteiger partial charge in [-0.1, -0.05) is 6.92 Å². The maximum atomic E-state index is 4.70. The summed E-state index contributed by atoms with van der Waals surface area (Å²) in [6.45, 7) is 17.9. The molecule has 6 heteroatoms. The van der Waals surface area contributed by atoms with E-state index in [1.807, 2.05) is 13.8 Å². The molecule has 0 fully saturated rings. The van der Waals surface area contributed by atoms with Crippen LogP contribution in [0, 0.1) is 13.8 Å². The molecule has 0 aliphatic carbocycles. The fourth-order valence-electron chi connectivity index (χ4n) is 3.25. The van der Waals surface area contributed by atoms with Gasteiger partial charge in [0, 0.05) is 31.7 Å². The minimum atomic E-state index is 0.532. The maximum Gasteiger partial charge on any atom is 0.165 e. The minimum absolute atomic E-state index is 0.532. The van der Waals surface area contributed by atoms with Gasteiger partial charge >= 0.3 is 0 Å². The number of nitrogens with zero attached hydrogens (tertiary/aromatic N) is 5. The largest absolute Gasteiger partial charge is 0.367 e. The Morgan fingerprint density at radius 1 is 1.04 bits per heavy atom. The third kappa shape index (κ3) is 4.04. The van der Waals surface area contributed by atoms with E-state index in [4.69, 9.17) is 4.98 Å². The van der Waals surface area contributed by atoms with Crippen LogP contribution in [0.25, 0.3) is 11.2 Å². The Balaban J connectivity index is 2.21. The molecule has 2 aromatic rings. The number of anilines is 1. The molecule has 2 rings (SSSR count). The predicted molar refractivity (Wildman–Crippen MR) is 101 cm³/mol. The molecule has 6 nitrogen and oxygen atoms in total. The Morgan fingerprint density at radius 3 is 2.29 bits per heavy atom. The van der Waals surface area contributed by atoms with Crippen LogP contribution in [0.1, 0.15) is 52.7 Å². The molecule has 2 heterocycles. The number of imidazole rings is 1. The second-order valence-corrected chi connectivity index (χ2v) is 6.95. The number of rotatable bonds is 8. The van der Waals surface area contributed by atoms with Gasteiger partial charge in [-0.15, -0.1) is 0 Å². The average molecular weight is 332 g/mol. The molecule has 24 heavy (non-hydrogen) atoms. The quantitative estimate of drug-likeness (QED) is 0.803. The normalized spacial score (nSPS) is 12.1. The SMILES string of the molecule is CCCn1c(C)nc2c(NCCN(C(C)C)C(C)C)nc(C)nc21. The average Bonchev–Trinajstić information content (AvgIpc) is 2.79. The lowest BCUT2D eigenvalue weighted by atomic mass is 10.2. The Morgan fingerprint density at radius 2 is 1.71 bits per heavy atom. The summed E-state index contributed by atoms with van der Waals surface area (Å²) in [5.41, 5.74) is 1.82. The van der Waals surface area contributed by atoms with Crippen LogP contribution in [0.4, 0.5) is 5.82 Å². The van der Waals surface area contributed by atoms with Crippen LogP contribution >= 0.6 is 0 Å². The van der Waals surface area contributed by atoms with Crippen LogP contribution < -0.4 is 5.32 Å². The number of nitrogens with one attached hydrogen (secondary N) is 1. The molecule has 0 saturated heterocycles. The van der Waals surface area contributed by atoms with Crippen molar-refractivity contribution in [2.75, 3.05) is 18.4 Å².